The molecule has 134 valence electrons. The van der Waals surface area contributed by atoms with Crippen LogP contribution in [0.3, 0.4) is 0 Å². The number of amides is 1. The Balaban J connectivity index is 2.06. The lowest BCUT2D eigenvalue weighted by molar-refractivity contribution is -0.118. The maximum Gasteiger partial charge on any atom is 0.341 e. The zero-order valence-corrected chi connectivity index (χ0v) is 15.9. The van der Waals surface area contributed by atoms with Gasteiger partial charge in [-0.1, -0.05) is 30.7 Å². The van der Waals surface area contributed by atoms with E-state index < -0.39 is 5.97 Å². The Morgan fingerprint density at radius 3 is 2.64 bits per heavy atom. The van der Waals surface area contributed by atoms with Gasteiger partial charge in [-0.25, -0.2) is 4.79 Å². The van der Waals surface area contributed by atoms with Gasteiger partial charge in [0.15, 0.2) is 6.61 Å². The second kappa shape index (κ2) is 8.87. The SMILES string of the molecule is CCCOC(=O)c1c(NC(=O)COc2ccccc2Cl)sc(C)c1C. The van der Waals surface area contributed by atoms with Gasteiger partial charge in [0.05, 0.1) is 17.2 Å². The predicted molar refractivity (Wildman–Crippen MR) is 99.9 cm³/mol. The molecule has 1 amide bonds. The van der Waals surface area contributed by atoms with Crippen molar-refractivity contribution in [3.63, 3.8) is 0 Å². The Morgan fingerprint density at radius 1 is 1.24 bits per heavy atom. The molecule has 0 saturated carbocycles. The zero-order chi connectivity index (χ0) is 18.4. The third-order valence-corrected chi connectivity index (χ3v) is 4.91. The van der Waals surface area contributed by atoms with Crippen LogP contribution in [0.25, 0.3) is 0 Å². The van der Waals surface area contributed by atoms with Gasteiger partial charge in [-0.3, -0.25) is 4.79 Å². The molecule has 1 N–H and O–H groups in total. The number of rotatable bonds is 7. The van der Waals surface area contributed by atoms with Crippen molar-refractivity contribution in [3.05, 3.63) is 45.3 Å². The first-order valence-corrected chi connectivity index (χ1v) is 9.07. The highest BCUT2D eigenvalue weighted by Gasteiger charge is 2.22. The first-order chi connectivity index (χ1) is 11.9. The average Bonchev–Trinajstić information content (AvgIpc) is 2.86. The summed E-state index contributed by atoms with van der Waals surface area (Å²) in [5.74, 6) is -0.364. The summed E-state index contributed by atoms with van der Waals surface area (Å²) in [6, 6.07) is 6.92. The third-order valence-electron chi connectivity index (χ3n) is 3.48. The fraction of sp³-hybridized carbons (Fsp3) is 0.333. The predicted octanol–water partition coefficient (Wildman–Crippen LogP) is 4.60. The van der Waals surface area contributed by atoms with E-state index in [2.05, 4.69) is 5.32 Å². The molecule has 0 aliphatic heterocycles. The van der Waals surface area contributed by atoms with Crippen molar-refractivity contribution in [2.45, 2.75) is 27.2 Å². The van der Waals surface area contributed by atoms with Gasteiger partial charge in [-0.2, -0.15) is 0 Å². The molecule has 0 aliphatic rings. The molecule has 1 aromatic heterocycles. The van der Waals surface area contributed by atoms with Gasteiger partial charge in [-0.05, 0) is 38.0 Å². The fourth-order valence-corrected chi connectivity index (χ4v) is 3.35. The van der Waals surface area contributed by atoms with E-state index in [0.29, 0.717) is 27.9 Å². The van der Waals surface area contributed by atoms with Crippen molar-refractivity contribution >= 4 is 39.8 Å². The molecule has 0 atom stereocenters. The lowest BCUT2D eigenvalue weighted by Gasteiger charge is -2.09. The Labute approximate surface area is 155 Å². The number of halogens is 1. The average molecular weight is 382 g/mol. The minimum Gasteiger partial charge on any atom is -0.482 e. The highest BCUT2D eigenvalue weighted by molar-refractivity contribution is 7.16. The molecule has 1 heterocycles. The van der Waals surface area contributed by atoms with E-state index in [-0.39, 0.29) is 12.5 Å². The number of benzene rings is 1. The maximum atomic E-state index is 12.2. The number of thiophene rings is 1. The minimum absolute atomic E-state index is 0.205. The highest BCUT2D eigenvalue weighted by Crippen LogP contribution is 2.33. The number of hydrogen-bond acceptors (Lipinski definition) is 5. The molecule has 5 nitrogen and oxygen atoms in total. The summed E-state index contributed by atoms with van der Waals surface area (Å²) in [5.41, 5.74) is 1.22. The molecule has 0 bridgehead atoms. The molecule has 2 aromatic rings. The summed E-state index contributed by atoms with van der Waals surface area (Å²) in [5, 5.41) is 3.64. The molecule has 0 aliphatic carbocycles. The topological polar surface area (TPSA) is 64.6 Å². The van der Waals surface area contributed by atoms with Crippen LogP contribution >= 0.6 is 22.9 Å². The highest BCUT2D eigenvalue weighted by atomic mass is 35.5. The summed E-state index contributed by atoms with van der Waals surface area (Å²) in [6.45, 7) is 5.80. The molecule has 0 fully saturated rings. The quantitative estimate of drug-likeness (QED) is 0.711. The summed E-state index contributed by atoms with van der Waals surface area (Å²) in [7, 11) is 0. The molecular formula is C18H20ClNO4S. The molecular weight excluding hydrogens is 362 g/mol. The van der Waals surface area contributed by atoms with Gasteiger partial charge < -0.3 is 14.8 Å². The summed E-state index contributed by atoms with van der Waals surface area (Å²) in [6.07, 6.45) is 0.737. The Kier molecular flexibility index (Phi) is 6.84. The smallest absolute Gasteiger partial charge is 0.341 e. The molecule has 0 saturated heterocycles. The van der Waals surface area contributed by atoms with Crippen molar-refractivity contribution in [2.75, 3.05) is 18.5 Å². The van der Waals surface area contributed by atoms with Crippen LogP contribution in [0.2, 0.25) is 5.02 Å². The molecule has 0 unspecified atom stereocenters. The van der Waals surface area contributed by atoms with Gasteiger partial charge in [0.1, 0.15) is 10.8 Å². The number of carbonyl (C=O) groups excluding carboxylic acids is 2. The van der Waals surface area contributed by atoms with Gasteiger partial charge >= 0.3 is 5.97 Å². The largest absolute Gasteiger partial charge is 0.482 e. The van der Waals surface area contributed by atoms with Crippen molar-refractivity contribution in [2.24, 2.45) is 0 Å². The third kappa shape index (κ3) is 4.96. The Bertz CT molecular complexity index is 772. The standard InChI is InChI=1S/C18H20ClNO4S/c1-4-9-23-18(22)16-11(2)12(3)25-17(16)20-15(21)10-24-14-8-6-5-7-13(14)19/h5-8H,4,9-10H2,1-3H3,(H,20,21). The van der Waals surface area contributed by atoms with Gasteiger partial charge in [0.25, 0.3) is 5.91 Å². The number of esters is 1. The van der Waals surface area contributed by atoms with Crippen LogP contribution in [-0.2, 0) is 9.53 Å². The Hall–Kier alpha value is -2.05. The van der Waals surface area contributed by atoms with Crippen molar-refractivity contribution in [3.8, 4) is 5.75 Å². The summed E-state index contributed by atoms with van der Waals surface area (Å²) in [4.78, 5) is 25.4. The first kappa shape index (κ1) is 19.3. The number of para-hydroxylation sites is 1. The summed E-state index contributed by atoms with van der Waals surface area (Å²) >= 11 is 7.33. The van der Waals surface area contributed by atoms with Crippen LogP contribution in [0, 0.1) is 13.8 Å². The minimum atomic E-state index is -0.425. The molecule has 0 radical (unpaired) electrons. The van der Waals surface area contributed by atoms with Crippen molar-refractivity contribution < 1.29 is 19.1 Å². The molecule has 25 heavy (non-hydrogen) atoms. The number of carbonyl (C=O) groups is 2. The fourth-order valence-electron chi connectivity index (χ4n) is 2.10. The lowest BCUT2D eigenvalue weighted by atomic mass is 10.1. The second-order valence-corrected chi connectivity index (χ2v) is 7.02. The van der Waals surface area contributed by atoms with Crippen LogP contribution in [0.15, 0.2) is 24.3 Å². The summed E-state index contributed by atoms with van der Waals surface area (Å²) < 4.78 is 10.6. The van der Waals surface area contributed by atoms with E-state index in [1.165, 1.54) is 11.3 Å². The number of aryl methyl sites for hydroxylation is 1. The monoisotopic (exact) mass is 381 g/mol. The zero-order valence-electron chi connectivity index (χ0n) is 14.3. The molecule has 7 heteroatoms. The van der Waals surface area contributed by atoms with E-state index in [0.717, 1.165) is 16.9 Å². The molecule has 1 aromatic carbocycles. The number of hydrogen-bond donors (Lipinski definition) is 1. The van der Waals surface area contributed by atoms with Gasteiger partial charge in [0.2, 0.25) is 0 Å². The normalized spacial score (nSPS) is 10.4. The van der Waals surface area contributed by atoms with E-state index in [9.17, 15) is 9.59 Å². The van der Waals surface area contributed by atoms with Crippen LogP contribution in [-0.4, -0.2) is 25.1 Å². The maximum absolute atomic E-state index is 12.2. The van der Waals surface area contributed by atoms with Crippen LogP contribution in [0.5, 0.6) is 5.75 Å². The molecule has 2 rings (SSSR count). The van der Waals surface area contributed by atoms with E-state index in [1.807, 2.05) is 20.8 Å². The van der Waals surface area contributed by atoms with E-state index in [1.54, 1.807) is 24.3 Å². The van der Waals surface area contributed by atoms with Crippen LogP contribution in [0.1, 0.15) is 34.1 Å². The number of anilines is 1. The number of nitrogens with one attached hydrogen (secondary N) is 1. The lowest BCUT2D eigenvalue weighted by Crippen LogP contribution is -2.21. The van der Waals surface area contributed by atoms with E-state index in [4.69, 9.17) is 21.1 Å². The van der Waals surface area contributed by atoms with Crippen molar-refractivity contribution in [1.82, 2.24) is 0 Å². The van der Waals surface area contributed by atoms with Crippen molar-refractivity contribution in [1.29, 1.82) is 0 Å². The van der Waals surface area contributed by atoms with Gasteiger partial charge in [-0.15, -0.1) is 11.3 Å². The van der Waals surface area contributed by atoms with E-state index >= 15 is 0 Å². The van der Waals surface area contributed by atoms with Gasteiger partial charge in [0, 0.05) is 4.88 Å². The first-order valence-electron chi connectivity index (χ1n) is 7.88. The van der Waals surface area contributed by atoms with Crippen LogP contribution in [0.4, 0.5) is 5.00 Å². The van der Waals surface area contributed by atoms with Crippen LogP contribution < -0.4 is 10.1 Å². The Morgan fingerprint density at radius 2 is 1.96 bits per heavy atom. The second-order valence-electron chi connectivity index (χ2n) is 5.39. The molecule has 0 spiro atoms. The number of ether oxygens (including phenoxy) is 2.